The Bertz CT molecular complexity index is 289. The summed E-state index contributed by atoms with van der Waals surface area (Å²) in [5.41, 5.74) is 1.42. The summed E-state index contributed by atoms with van der Waals surface area (Å²) in [6.45, 7) is 5.65. The highest BCUT2D eigenvalue weighted by molar-refractivity contribution is 5.11. The monoisotopic (exact) mass is 207 g/mol. The Labute approximate surface area is 91.9 Å². The van der Waals surface area contributed by atoms with Crippen LogP contribution in [0.1, 0.15) is 44.2 Å². The van der Waals surface area contributed by atoms with Gasteiger partial charge in [-0.15, -0.1) is 0 Å². The number of nitrogens with zero attached hydrogens (tertiary/aromatic N) is 2. The van der Waals surface area contributed by atoms with Gasteiger partial charge in [-0.2, -0.15) is 0 Å². The lowest BCUT2D eigenvalue weighted by atomic mass is 10.00. The van der Waals surface area contributed by atoms with Crippen LogP contribution in [0.15, 0.2) is 12.5 Å². The average Bonchev–Trinajstić information content (AvgIpc) is 2.58. The summed E-state index contributed by atoms with van der Waals surface area (Å²) >= 11 is 0. The molecule has 0 spiro atoms. The van der Waals surface area contributed by atoms with Crippen molar-refractivity contribution in [2.75, 3.05) is 13.1 Å². The second-order valence-electron chi connectivity index (χ2n) is 4.43. The molecule has 0 aliphatic carbocycles. The third kappa shape index (κ3) is 2.59. The van der Waals surface area contributed by atoms with E-state index in [0.717, 1.165) is 19.6 Å². The first kappa shape index (κ1) is 10.7. The molecule has 0 radical (unpaired) electrons. The van der Waals surface area contributed by atoms with Gasteiger partial charge in [0.05, 0.1) is 6.33 Å². The van der Waals surface area contributed by atoms with Gasteiger partial charge in [0.2, 0.25) is 0 Å². The molecule has 1 aliphatic rings. The van der Waals surface area contributed by atoms with Gasteiger partial charge in [-0.25, -0.2) is 4.98 Å². The summed E-state index contributed by atoms with van der Waals surface area (Å²) in [6.07, 6.45) is 9.32. The summed E-state index contributed by atoms with van der Waals surface area (Å²) in [6, 6.07) is 0. The minimum absolute atomic E-state index is 0.707. The van der Waals surface area contributed by atoms with E-state index in [1.165, 1.54) is 31.4 Å². The lowest BCUT2D eigenvalue weighted by Gasteiger charge is -2.27. The van der Waals surface area contributed by atoms with Crippen LogP contribution in [0.3, 0.4) is 0 Å². The molecule has 2 rings (SSSR count). The van der Waals surface area contributed by atoms with E-state index >= 15 is 0 Å². The maximum absolute atomic E-state index is 4.26. The number of nitrogens with one attached hydrogen (secondary N) is 1. The van der Waals surface area contributed by atoms with Gasteiger partial charge in [-0.1, -0.05) is 26.2 Å². The summed E-state index contributed by atoms with van der Waals surface area (Å²) in [7, 11) is 0. The van der Waals surface area contributed by atoms with Gasteiger partial charge in [-0.05, 0) is 6.42 Å². The van der Waals surface area contributed by atoms with Gasteiger partial charge in [0, 0.05) is 37.4 Å². The standard InChI is InChI=1S/C12H21N3/c1-2-3-4-5-6-15-10-14-9-12(15)11-7-13-8-11/h9-11,13H,2-8H2,1H3. The molecule has 2 heterocycles. The second kappa shape index (κ2) is 5.31. The number of imidazole rings is 1. The van der Waals surface area contributed by atoms with Crippen LogP contribution in [0.5, 0.6) is 0 Å². The van der Waals surface area contributed by atoms with E-state index in [9.17, 15) is 0 Å². The van der Waals surface area contributed by atoms with Crippen molar-refractivity contribution in [3.8, 4) is 0 Å². The van der Waals surface area contributed by atoms with Gasteiger partial charge in [-0.3, -0.25) is 0 Å². The molecule has 0 aromatic carbocycles. The van der Waals surface area contributed by atoms with Gasteiger partial charge in [0.15, 0.2) is 0 Å². The normalized spacial score (nSPS) is 16.6. The second-order valence-corrected chi connectivity index (χ2v) is 4.43. The Morgan fingerprint density at radius 1 is 1.40 bits per heavy atom. The highest BCUT2D eigenvalue weighted by atomic mass is 15.1. The Balaban J connectivity index is 1.82. The highest BCUT2D eigenvalue weighted by Crippen LogP contribution is 2.19. The Kier molecular flexibility index (Phi) is 3.78. The van der Waals surface area contributed by atoms with E-state index in [4.69, 9.17) is 0 Å². The van der Waals surface area contributed by atoms with Crippen molar-refractivity contribution in [2.45, 2.75) is 45.1 Å². The molecule has 0 amide bonds. The molecule has 0 atom stereocenters. The van der Waals surface area contributed by atoms with E-state index in [1.807, 2.05) is 12.5 Å². The molecule has 1 aromatic rings. The largest absolute Gasteiger partial charge is 0.334 e. The van der Waals surface area contributed by atoms with Crippen LogP contribution in [-0.2, 0) is 6.54 Å². The summed E-state index contributed by atoms with van der Waals surface area (Å²) in [5, 5.41) is 3.31. The molecule has 0 unspecified atom stereocenters. The van der Waals surface area contributed by atoms with Gasteiger partial charge in [0.1, 0.15) is 0 Å². The molecule has 1 saturated heterocycles. The zero-order valence-corrected chi connectivity index (χ0v) is 9.58. The molecule has 84 valence electrons. The van der Waals surface area contributed by atoms with Crippen LogP contribution >= 0.6 is 0 Å². The molecular weight excluding hydrogens is 186 g/mol. The number of unbranched alkanes of at least 4 members (excludes halogenated alkanes) is 3. The van der Waals surface area contributed by atoms with E-state index in [0.29, 0.717) is 5.92 Å². The van der Waals surface area contributed by atoms with Gasteiger partial charge >= 0.3 is 0 Å². The van der Waals surface area contributed by atoms with Crippen molar-refractivity contribution in [1.82, 2.24) is 14.9 Å². The van der Waals surface area contributed by atoms with Crippen molar-refractivity contribution < 1.29 is 0 Å². The molecule has 1 aromatic heterocycles. The predicted molar refractivity (Wildman–Crippen MR) is 62.0 cm³/mol. The first-order chi connectivity index (χ1) is 7.42. The van der Waals surface area contributed by atoms with Crippen LogP contribution in [0, 0.1) is 0 Å². The van der Waals surface area contributed by atoms with Crippen LogP contribution < -0.4 is 5.32 Å². The summed E-state index contributed by atoms with van der Waals surface area (Å²) < 4.78 is 2.33. The first-order valence-corrected chi connectivity index (χ1v) is 6.12. The molecule has 3 heteroatoms. The minimum Gasteiger partial charge on any atom is -0.334 e. The summed E-state index contributed by atoms with van der Waals surface area (Å²) in [4.78, 5) is 4.26. The number of rotatable bonds is 6. The van der Waals surface area contributed by atoms with E-state index < -0.39 is 0 Å². The molecule has 1 N–H and O–H groups in total. The first-order valence-electron chi connectivity index (χ1n) is 6.12. The fourth-order valence-corrected chi connectivity index (χ4v) is 2.06. The van der Waals surface area contributed by atoms with Gasteiger partial charge < -0.3 is 9.88 Å². The van der Waals surface area contributed by atoms with E-state index in [2.05, 4.69) is 21.8 Å². The quantitative estimate of drug-likeness (QED) is 0.724. The summed E-state index contributed by atoms with van der Waals surface area (Å²) in [5.74, 6) is 0.707. The molecule has 3 nitrogen and oxygen atoms in total. The van der Waals surface area contributed by atoms with E-state index in [1.54, 1.807) is 0 Å². The molecular formula is C12H21N3. The SMILES string of the molecule is CCCCCCn1cncc1C1CNC1. The molecule has 0 saturated carbocycles. The van der Waals surface area contributed by atoms with Crippen molar-refractivity contribution in [2.24, 2.45) is 0 Å². The Hall–Kier alpha value is -0.830. The molecule has 0 bridgehead atoms. The van der Waals surface area contributed by atoms with Crippen molar-refractivity contribution in [1.29, 1.82) is 0 Å². The highest BCUT2D eigenvalue weighted by Gasteiger charge is 2.21. The van der Waals surface area contributed by atoms with Crippen LogP contribution in [0.2, 0.25) is 0 Å². The maximum Gasteiger partial charge on any atom is 0.0948 e. The van der Waals surface area contributed by atoms with E-state index in [-0.39, 0.29) is 0 Å². The smallest absolute Gasteiger partial charge is 0.0948 e. The number of aromatic nitrogens is 2. The van der Waals surface area contributed by atoms with Crippen molar-refractivity contribution in [3.63, 3.8) is 0 Å². The third-order valence-corrected chi connectivity index (χ3v) is 3.20. The lowest BCUT2D eigenvalue weighted by Crippen LogP contribution is -2.40. The topological polar surface area (TPSA) is 29.9 Å². The fourth-order valence-electron chi connectivity index (χ4n) is 2.06. The average molecular weight is 207 g/mol. The fraction of sp³-hybridized carbons (Fsp3) is 0.750. The van der Waals surface area contributed by atoms with Gasteiger partial charge in [0.25, 0.3) is 0 Å². The maximum atomic E-state index is 4.26. The van der Waals surface area contributed by atoms with Crippen molar-refractivity contribution in [3.05, 3.63) is 18.2 Å². The minimum atomic E-state index is 0.707. The Morgan fingerprint density at radius 2 is 2.27 bits per heavy atom. The number of aryl methyl sites for hydroxylation is 1. The molecule has 1 aliphatic heterocycles. The number of hydrogen-bond donors (Lipinski definition) is 1. The Morgan fingerprint density at radius 3 is 2.93 bits per heavy atom. The van der Waals surface area contributed by atoms with Crippen molar-refractivity contribution >= 4 is 0 Å². The van der Waals surface area contributed by atoms with Crippen LogP contribution in [0.4, 0.5) is 0 Å². The zero-order chi connectivity index (χ0) is 10.5. The zero-order valence-electron chi connectivity index (χ0n) is 9.58. The molecule has 1 fully saturated rings. The van der Waals surface area contributed by atoms with Crippen LogP contribution in [-0.4, -0.2) is 22.6 Å². The number of hydrogen-bond acceptors (Lipinski definition) is 2. The lowest BCUT2D eigenvalue weighted by molar-refractivity contribution is 0.419. The molecule has 15 heavy (non-hydrogen) atoms. The predicted octanol–water partition coefficient (Wildman–Crippen LogP) is 2.15. The third-order valence-electron chi connectivity index (χ3n) is 3.20. The van der Waals surface area contributed by atoms with Crippen LogP contribution in [0.25, 0.3) is 0 Å².